The molecule has 5 heteroatoms. The number of hydrogen-bond acceptors (Lipinski definition) is 4. The lowest BCUT2D eigenvalue weighted by molar-refractivity contribution is 0.357. The maximum absolute atomic E-state index is 12.5. The summed E-state index contributed by atoms with van der Waals surface area (Å²) in [6.45, 7) is 10.0. The average molecular weight is 394 g/mol. The summed E-state index contributed by atoms with van der Waals surface area (Å²) in [5.41, 5.74) is 3.35. The van der Waals surface area contributed by atoms with E-state index in [9.17, 15) is 9.90 Å². The molecule has 1 N–H and O–H groups in total. The predicted octanol–water partition coefficient (Wildman–Crippen LogP) is 4.04. The van der Waals surface area contributed by atoms with Gasteiger partial charge >= 0.3 is 5.56 Å². The third-order valence-corrected chi connectivity index (χ3v) is 6.85. The van der Waals surface area contributed by atoms with E-state index in [2.05, 4.69) is 49.7 Å². The summed E-state index contributed by atoms with van der Waals surface area (Å²) in [6.07, 6.45) is 5.30. The van der Waals surface area contributed by atoms with Gasteiger partial charge in [-0.15, -0.1) is 0 Å². The van der Waals surface area contributed by atoms with E-state index in [0.717, 1.165) is 25.2 Å². The Labute approximate surface area is 172 Å². The van der Waals surface area contributed by atoms with Gasteiger partial charge in [0.05, 0.1) is 5.70 Å². The van der Waals surface area contributed by atoms with E-state index >= 15 is 0 Å². The Morgan fingerprint density at radius 3 is 2.66 bits per heavy atom. The second-order valence-corrected chi connectivity index (χ2v) is 8.99. The summed E-state index contributed by atoms with van der Waals surface area (Å²) < 4.78 is 2.02. The molecule has 2 aliphatic rings. The van der Waals surface area contributed by atoms with Crippen LogP contribution in [0.2, 0.25) is 0 Å². The second-order valence-electron chi connectivity index (χ2n) is 8.99. The van der Waals surface area contributed by atoms with Gasteiger partial charge in [-0.05, 0) is 29.9 Å². The van der Waals surface area contributed by atoms with Gasteiger partial charge in [0.1, 0.15) is 11.5 Å². The van der Waals surface area contributed by atoms with Crippen molar-refractivity contribution in [2.75, 3.05) is 13.6 Å². The van der Waals surface area contributed by atoms with Gasteiger partial charge in [0.15, 0.2) is 0 Å². The molecule has 0 spiro atoms. The van der Waals surface area contributed by atoms with E-state index in [0.29, 0.717) is 30.3 Å². The summed E-state index contributed by atoms with van der Waals surface area (Å²) in [5, 5.41) is 10.4. The van der Waals surface area contributed by atoms with Crippen molar-refractivity contribution in [1.82, 2.24) is 14.5 Å². The van der Waals surface area contributed by atoms with Crippen molar-refractivity contribution in [2.24, 2.45) is 0 Å². The van der Waals surface area contributed by atoms with Crippen LogP contribution in [0.1, 0.15) is 68.1 Å². The van der Waals surface area contributed by atoms with E-state index in [-0.39, 0.29) is 11.2 Å². The lowest BCUT2D eigenvalue weighted by atomic mass is 9.75. The molecule has 5 nitrogen and oxygen atoms in total. The van der Waals surface area contributed by atoms with Crippen molar-refractivity contribution < 1.29 is 5.11 Å². The molecule has 0 unspecified atom stereocenters. The minimum absolute atomic E-state index is 0.00718. The quantitative estimate of drug-likeness (QED) is 0.852. The maximum Gasteiger partial charge on any atom is 0.315 e. The number of likely N-dealkylation sites (N-methyl/N-ethyl adjacent to an activating group) is 1. The number of benzene rings is 1. The Hall–Kier alpha value is -2.56. The first-order valence-electron chi connectivity index (χ1n) is 10.7. The molecule has 1 aliphatic carbocycles. The van der Waals surface area contributed by atoms with E-state index < -0.39 is 5.56 Å². The van der Waals surface area contributed by atoms with Gasteiger partial charge in [0.25, 0.3) is 0 Å². The fourth-order valence-corrected chi connectivity index (χ4v) is 4.97. The molecular formula is C24H31N3O2. The summed E-state index contributed by atoms with van der Waals surface area (Å²) in [4.78, 5) is 18.8. The average Bonchev–Trinajstić information content (AvgIpc) is 3.18. The van der Waals surface area contributed by atoms with Crippen LogP contribution in [0, 0.1) is 0 Å². The first-order valence-corrected chi connectivity index (χ1v) is 10.7. The van der Waals surface area contributed by atoms with Crippen LogP contribution in [0.3, 0.4) is 0 Å². The zero-order valence-electron chi connectivity index (χ0n) is 17.7. The summed E-state index contributed by atoms with van der Waals surface area (Å²) in [6, 6.07) is 8.94. The molecule has 4 rings (SSSR count). The van der Waals surface area contributed by atoms with Crippen molar-refractivity contribution in [2.45, 2.75) is 63.8 Å². The minimum Gasteiger partial charge on any atom is -0.501 e. The molecule has 0 radical (unpaired) electrons. The molecule has 0 atom stereocenters. The van der Waals surface area contributed by atoms with E-state index in [4.69, 9.17) is 0 Å². The molecule has 29 heavy (non-hydrogen) atoms. The topological polar surface area (TPSA) is 58.4 Å². The van der Waals surface area contributed by atoms with Crippen molar-refractivity contribution in [3.05, 3.63) is 63.8 Å². The van der Waals surface area contributed by atoms with Gasteiger partial charge in [-0.25, -0.2) is 0 Å². The molecule has 1 saturated carbocycles. The lowest BCUT2D eigenvalue weighted by Crippen LogP contribution is -2.36. The van der Waals surface area contributed by atoms with Gasteiger partial charge < -0.3 is 14.6 Å². The molecule has 1 fully saturated rings. The van der Waals surface area contributed by atoms with Crippen LogP contribution < -0.4 is 5.56 Å². The van der Waals surface area contributed by atoms with Gasteiger partial charge in [-0.3, -0.25) is 4.79 Å². The Morgan fingerprint density at radius 2 is 1.97 bits per heavy atom. The van der Waals surface area contributed by atoms with Crippen LogP contribution in [0.4, 0.5) is 0 Å². The second kappa shape index (κ2) is 7.36. The molecule has 0 bridgehead atoms. The van der Waals surface area contributed by atoms with Crippen LogP contribution >= 0.6 is 0 Å². The van der Waals surface area contributed by atoms with Crippen LogP contribution in [0.25, 0.3) is 5.70 Å². The van der Waals surface area contributed by atoms with Gasteiger partial charge in [0.2, 0.25) is 5.75 Å². The first kappa shape index (κ1) is 19.7. The Morgan fingerprint density at radius 1 is 1.24 bits per heavy atom. The van der Waals surface area contributed by atoms with Crippen LogP contribution in [-0.4, -0.2) is 33.1 Å². The summed E-state index contributed by atoms with van der Waals surface area (Å²) >= 11 is 0. The number of aromatic nitrogens is 2. The SMILES string of the molecule is C=C1c2c(O)c(=O)nc(CC3(c4cccc(C(C)C)c4)CCCC3)n2CCN1C. The molecule has 0 saturated heterocycles. The number of rotatable bonds is 4. The molecular weight excluding hydrogens is 362 g/mol. The minimum atomic E-state index is -0.549. The van der Waals surface area contributed by atoms with E-state index in [1.165, 1.54) is 24.0 Å². The van der Waals surface area contributed by atoms with Gasteiger partial charge in [-0.1, -0.05) is 57.5 Å². The van der Waals surface area contributed by atoms with E-state index in [1.807, 2.05) is 16.5 Å². The molecule has 1 aromatic carbocycles. The Balaban J connectivity index is 1.81. The third-order valence-electron chi connectivity index (χ3n) is 6.85. The largest absolute Gasteiger partial charge is 0.501 e. The highest BCUT2D eigenvalue weighted by molar-refractivity contribution is 5.64. The van der Waals surface area contributed by atoms with Crippen molar-refractivity contribution in [3.8, 4) is 5.75 Å². The highest BCUT2D eigenvalue weighted by Gasteiger charge is 2.38. The highest BCUT2D eigenvalue weighted by atomic mass is 16.3. The highest BCUT2D eigenvalue weighted by Crippen LogP contribution is 2.44. The Kier molecular flexibility index (Phi) is 5.01. The number of hydrogen-bond donors (Lipinski definition) is 1. The number of aromatic hydroxyl groups is 1. The monoisotopic (exact) mass is 393 g/mol. The van der Waals surface area contributed by atoms with Crippen LogP contribution in [-0.2, 0) is 18.4 Å². The summed E-state index contributed by atoms with van der Waals surface area (Å²) in [7, 11) is 1.94. The number of nitrogens with zero attached hydrogens (tertiary/aromatic N) is 3. The smallest absolute Gasteiger partial charge is 0.315 e. The van der Waals surface area contributed by atoms with Crippen molar-refractivity contribution in [1.29, 1.82) is 0 Å². The molecule has 1 aliphatic heterocycles. The predicted molar refractivity (Wildman–Crippen MR) is 116 cm³/mol. The maximum atomic E-state index is 12.5. The van der Waals surface area contributed by atoms with E-state index in [1.54, 1.807) is 0 Å². The molecule has 1 aromatic heterocycles. The Bertz CT molecular complexity index is 1000. The van der Waals surface area contributed by atoms with Gasteiger partial charge in [0, 0.05) is 32.0 Å². The molecule has 154 valence electrons. The standard InChI is InChI=1S/C24H31N3O2/c1-16(2)18-8-7-9-19(14-18)24(10-5-6-11-24)15-20-25-23(29)22(28)21-17(3)26(4)12-13-27(20)21/h7-9,14,16,28H,3,5-6,10-13,15H2,1-2,4H3. The first-order chi connectivity index (χ1) is 13.8. The molecule has 2 heterocycles. The zero-order chi connectivity index (χ0) is 20.8. The zero-order valence-corrected chi connectivity index (χ0v) is 17.7. The molecule has 2 aromatic rings. The van der Waals surface area contributed by atoms with Crippen LogP contribution in [0.15, 0.2) is 35.6 Å². The van der Waals surface area contributed by atoms with Gasteiger partial charge in [-0.2, -0.15) is 4.98 Å². The summed E-state index contributed by atoms with van der Waals surface area (Å²) in [5.74, 6) is 0.968. The normalized spacial score (nSPS) is 18.3. The molecule has 0 amide bonds. The fourth-order valence-electron chi connectivity index (χ4n) is 4.97. The fraction of sp³-hybridized carbons (Fsp3) is 0.500. The van der Waals surface area contributed by atoms with Crippen LogP contribution in [0.5, 0.6) is 5.75 Å². The third kappa shape index (κ3) is 3.37. The lowest BCUT2D eigenvalue weighted by Gasteiger charge is -2.35. The van der Waals surface area contributed by atoms with Crippen molar-refractivity contribution in [3.63, 3.8) is 0 Å². The number of fused-ring (bicyclic) bond motifs is 1. The van der Waals surface area contributed by atoms with Crippen molar-refractivity contribution >= 4 is 5.70 Å².